The lowest BCUT2D eigenvalue weighted by Crippen LogP contribution is -2.18. The monoisotopic (exact) mass is 331 g/mol. The number of thiophene rings is 1. The summed E-state index contributed by atoms with van der Waals surface area (Å²) in [5.74, 6) is 1.53. The molecular weight excluding hydrogens is 306 g/mol. The van der Waals surface area contributed by atoms with E-state index in [0.717, 1.165) is 38.5 Å². The van der Waals surface area contributed by atoms with E-state index in [0.29, 0.717) is 12.0 Å². The van der Waals surface area contributed by atoms with Crippen LogP contribution in [0.5, 0.6) is 5.75 Å². The molecule has 2 aromatic rings. The fourth-order valence-electron chi connectivity index (χ4n) is 2.77. The molecule has 0 bridgehead atoms. The molecule has 23 heavy (non-hydrogen) atoms. The molecule has 124 valence electrons. The van der Waals surface area contributed by atoms with Crippen molar-refractivity contribution < 1.29 is 9.47 Å². The van der Waals surface area contributed by atoms with Crippen LogP contribution in [-0.4, -0.2) is 19.8 Å². The third-order valence-corrected chi connectivity index (χ3v) is 5.34. The summed E-state index contributed by atoms with van der Waals surface area (Å²) in [5.41, 5.74) is 2.45. The topological polar surface area (TPSA) is 30.5 Å². The van der Waals surface area contributed by atoms with Crippen LogP contribution >= 0.6 is 11.3 Å². The lowest BCUT2D eigenvalue weighted by Gasteiger charge is -2.17. The van der Waals surface area contributed by atoms with Gasteiger partial charge in [-0.05, 0) is 43.3 Å². The highest BCUT2D eigenvalue weighted by Crippen LogP contribution is 2.24. The van der Waals surface area contributed by atoms with Crippen molar-refractivity contribution in [3.05, 3.63) is 51.7 Å². The van der Waals surface area contributed by atoms with Gasteiger partial charge in [0.15, 0.2) is 0 Å². The van der Waals surface area contributed by atoms with E-state index < -0.39 is 0 Å². The second-order valence-corrected chi connectivity index (χ2v) is 7.25. The molecule has 2 unspecified atom stereocenters. The molecule has 0 radical (unpaired) electrons. The van der Waals surface area contributed by atoms with Crippen molar-refractivity contribution in [3.63, 3.8) is 0 Å². The molecule has 2 atom stereocenters. The van der Waals surface area contributed by atoms with Gasteiger partial charge in [-0.15, -0.1) is 11.3 Å². The van der Waals surface area contributed by atoms with Crippen molar-refractivity contribution in [1.82, 2.24) is 5.32 Å². The predicted octanol–water partition coefficient (Wildman–Crippen LogP) is 4.32. The molecule has 1 aromatic heterocycles. The van der Waals surface area contributed by atoms with Gasteiger partial charge >= 0.3 is 0 Å². The Kier molecular flexibility index (Phi) is 5.70. The number of hydrogen-bond donors (Lipinski definition) is 1. The first-order valence-corrected chi connectivity index (χ1v) is 9.17. The van der Waals surface area contributed by atoms with E-state index in [4.69, 9.17) is 9.47 Å². The molecule has 0 amide bonds. The summed E-state index contributed by atoms with van der Waals surface area (Å²) >= 11 is 1.79. The Bertz CT molecular complexity index is 606. The summed E-state index contributed by atoms with van der Waals surface area (Å²) in [6.45, 7) is 7.57. The summed E-state index contributed by atoms with van der Waals surface area (Å²) < 4.78 is 11.5. The second kappa shape index (κ2) is 7.95. The minimum absolute atomic E-state index is 0.354. The fraction of sp³-hybridized carbons (Fsp3) is 0.474. The molecule has 0 spiro atoms. The predicted molar refractivity (Wildman–Crippen MR) is 95.2 cm³/mol. The maximum atomic E-state index is 6.11. The number of benzene rings is 1. The lowest BCUT2D eigenvalue weighted by molar-refractivity contribution is 0.166. The van der Waals surface area contributed by atoms with Crippen LogP contribution in [0.4, 0.5) is 0 Å². The number of hydrogen-bond acceptors (Lipinski definition) is 4. The molecule has 1 aliphatic rings. The van der Waals surface area contributed by atoms with Gasteiger partial charge in [-0.1, -0.05) is 18.2 Å². The molecule has 1 saturated heterocycles. The molecule has 1 fully saturated rings. The first-order valence-electron chi connectivity index (χ1n) is 8.29. The Morgan fingerprint density at radius 2 is 2.30 bits per heavy atom. The van der Waals surface area contributed by atoms with Gasteiger partial charge < -0.3 is 14.8 Å². The molecular formula is C19H25NO2S. The molecule has 1 aliphatic heterocycles. The highest BCUT2D eigenvalue weighted by Gasteiger charge is 2.17. The second-order valence-electron chi connectivity index (χ2n) is 6.27. The molecule has 0 aliphatic carbocycles. The van der Waals surface area contributed by atoms with E-state index >= 15 is 0 Å². The molecule has 0 saturated carbocycles. The average Bonchev–Trinajstić information content (AvgIpc) is 3.25. The Morgan fingerprint density at radius 3 is 3.04 bits per heavy atom. The van der Waals surface area contributed by atoms with E-state index in [2.05, 4.69) is 54.9 Å². The van der Waals surface area contributed by atoms with Crippen molar-refractivity contribution in [2.75, 3.05) is 19.8 Å². The van der Waals surface area contributed by atoms with Crippen molar-refractivity contribution in [2.45, 2.75) is 32.9 Å². The van der Waals surface area contributed by atoms with Crippen molar-refractivity contribution >= 4 is 11.3 Å². The molecule has 3 rings (SSSR count). The summed E-state index contributed by atoms with van der Waals surface area (Å²) in [5, 5.41) is 5.72. The lowest BCUT2D eigenvalue weighted by atomic mass is 10.1. The highest BCUT2D eigenvalue weighted by molar-refractivity contribution is 7.10. The Hall–Kier alpha value is -1.36. The maximum absolute atomic E-state index is 6.11. The summed E-state index contributed by atoms with van der Waals surface area (Å²) in [4.78, 5) is 1.36. The van der Waals surface area contributed by atoms with Gasteiger partial charge in [-0.2, -0.15) is 0 Å². The standard InChI is InChI=1S/C19H25NO2S/c1-14-5-6-17(11-20-15(2)19-4-3-9-23-19)18(10-14)22-13-16-7-8-21-12-16/h3-6,9-10,15-16,20H,7-8,11-13H2,1-2H3. The van der Waals surface area contributed by atoms with Crippen LogP contribution in [0.3, 0.4) is 0 Å². The van der Waals surface area contributed by atoms with Gasteiger partial charge in [0, 0.05) is 35.6 Å². The molecule has 1 aromatic carbocycles. The van der Waals surface area contributed by atoms with Crippen molar-refractivity contribution in [2.24, 2.45) is 5.92 Å². The summed E-state index contributed by atoms with van der Waals surface area (Å²) in [7, 11) is 0. The van der Waals surface area contributed by atoms with E-state index in [-0.39, 0.29) is 0 Å². The normalized spacial score (nSPS) is 19.0. The van der Waals surface area contributed by atoms with E-state index in [1.54, 1.807) is 11.3 Å². The quantitative estimate of drug-likeness (QED) is 0.819. The van der Waals surface area contributed by atoms with Crippen molar-refractivity contribution in [3.8, 4) is 5.75 Å². The Balaban J connectivity index is 1.61. The maximum Gasteiger partial charge on any atom is 0.124 e. The largest absolute Gasteiger partial charge is 0.493 e. The first kappa shape index (κ1) is 16.5. The SMILES string of the molecule is Cc1ccc(CNC(C)c2cccs2)c(OCC2CCOC2)c1. The van der Waals surface area contributed by atoms with E-state index in [1.165, 1.54) is 16.0 Å². The van der Waals surface area contributed by atoms with Gasteiger partial charge in [0.1, 0.15) is 5.75 Å². The van der Waals surface area contributed by atoms with Crippen LogP contribution in [0.25, 0.3) is 0 Å². The van der Waals surface area contributed by atoms with Crippen LogP contribution in [0.2, 0.25) is 0 Å². The molecule has 1 N–H and O–H groups in total. The fourth-order valence-corrected chi connectivity index (χ4v) is 3.52. The van der Waals surface area contributed by atoms with Gasteiger partial charge in [0.25, 0.3) is 0 Å². The zero-order valence-corrected chi connectivity index (χ0v) is 14.7. The summed E-state index contributed by atoms with van der Waals surface area (Å²) in [6, 6.07) is 11.1. The third-order valence-electron chi connectivity index (χ3n) is 4.29. The smallest absolute Gasteiger partial charge is 0.124 e. The number of ether oxygens (including phenoxy) is 2. The van der Waals surface area contributed by atoms with Gasteiger partial charge in [0.05, 0.1) is 13.2 Å². The molecule has 4 heteroatoms. The zero-order valence-electron chi connectivity index (χ0n) is 13.9. The third kappa shape index (κ3) is 4.56. The van der Waals surface area contributed by atoms with Gasteiger partial charge in [-0.3, -0.25) is 0 Å². The highest BCUT2D eigenvalue weighted by atomic mass is 32.1. The Labute approximate surface area is 142 Å². The van der Waals surface area contributed by atoms with Crippen LogP contribution in [-0.2, 0) is 11.3 Å². The average molecular weight is 331 g/mol. The minimum atomic E-state index is 0.354. The number of rotatable bonds is 7. The number of aryl methyl sites for hydroxylation is 1. The van der Waals surface area contributed by atoms with Gasteiger partial charge in [-0.25, -0.2) is 0 Å². The minimum Gasteiger partial charge on any atom is -0.493 e. The van der Waals surface area contributed by atoms with Crippen LogP contribution in [0.15, 0.2) is 35.7 Å². The van der Waals surface area contributed by atoms with Gasteiger partial charge in [0.2, 0.25) is 0 Å². The van der Waals surface area contributed by atoms with Crippen LogP contribution in [0.1, 0.15) is 35.4 Å². The summed E-state index contributed by atoms with van der Waals surface area (Å²) in [6.07, 6.45) is 1.11. The van der Waals surface area contributed by atoms with E-state index in [9.17, 15) is 0 Å². The van der Waals surface area contributed by atoms with Crippen LogP contribution in [0, 0.1) is 12.8 Å². The number of nitrogens with one attached hydrogen (secondary N) is 1. The Morgan fingerprint density at radius 1 is 1.39 bits per heavy atom. The first-order chi connectivity index (χ1) is 11.2. The van der Waals surface area contributed by atoms with Crippen molar-refractivity contribution in [1.29, 1.82) is 0 Å². The molecule has 2 heterocycles. The molecule has 3 nitrogen and oxygen atoms in total. The van der Waals surface area contributed by atoms with E-state index in [1.807, 2.05) is 0 Å². The zero-order chi connectivity index (χ0) is 16.1. The van der Waals surface area contributed by atoms with Crippen LogP contribution < -0.4 is 10.1 Å².